The lowest BCUT2D eigenvalue weighted by molar-refractivity contribution is -0.139. The zero-order valence-electron chi connectivity index (χ0n) is 16.5. The van der Waals surface area contributed by atoms with Gasteiger partial charge in [-0.2, -0.15) is 0 Å². The summed E-state index contributed by atoms with van der Waals surface area (Å²) in [4.78, 5) is 23.3. The van der Waals surface area contributed by atoms with Crippen LogP contribution < -0.4 is 10.1 Å². The average Bonchev–Trinajstić information content (AvgIpc) is 2.63. The zero-order valence-corrected chi connectivity index (χ0v) is 16.5. The summed E-state index contributed by atoms with van der Waals surface area (Å²) in [6.45, 7) is 5.64. The van der Waals surface area contributed by atoms with Gasteiger partial charge in [-0.15, -0.1) is 0 Å². The lowest BCUT2D eigenvalue weighted by Crippen LogP contribution is -2.43. The summed E-state index contributed by atoms with van der Waals surface area (Å²) in [5, 5.41) is 11.8. The van der Waals surface area contributed by atoms with Crippen LogP contribution in [0, 0.1) is 0 Å². The topological polar surface area (TPSA) is 84.9 Å². The molecule has 0 aliphatic rings. The highest BCUT2D eigenvalue weighted by molar-refractivity contribution is 5.80. The quantitative estimate of drug-likeness (QED) is 0.712. The van der Waals surface area contributed by atoms with Crippen molar-refractivity contribution in [2.24, 2.45) is 0 Å². The maximum absolute atomic E-state index is 11.8. The molecule has 0 saturated carbocycles. The smallest absolute Gasteiger partial charge is 0.408 e. The van der Waals surface area contributed by atoms with Crippen LogP contribution in [0.25, 0.3) is 0 Å². The first-order valence-electron chi connectivity index (χ1n) is 9.21. The first kappa shape index (κ1) is 21.3. The number of benzene rings is 2. The second kappa shape index (κ2) is 9.78. The minimum atomic E-state index is -1.10. The molecule has 0 aliphatic heterocycles. The second-order valence-corrected chi connectivity index (χ2v) is 7.50. The zero-order chi connectivity index (χ0) is 20.6. The largest absolute Gasteiger partial charge is 0.489 e. The van der Waals surface area contributed by atoms with E-state index in [1.54, 1.807) is 20.8 Å². The third kappa shape index (κ3) is 7.70. The van der Waals surface area contributed by atoms with Gasteiger partial charge in [0, 0.05) is 0 Å². The van der Waals surface area contributed by atoms with Crippen molar-refractivity contribution in [3.63, 3.8) is 0 Å². The molecule has 6 heteroatoms. The SMILES string of the molecule is CC(C)(C)OC(=O)N[C@@H](CCc1cccc(OCc2ccccc2)c1)C(=O)O. The second-order valence-electron chi connectivity index (χ2n) is 7.50. The van der Waals surface area contributed by atoms with Crippen LogP contribution >= 0.6 is 0 Å². The molecule has 0 aliphatic carbocycles. The van der Waals surface area contributed by atoms with Crippen molar-refractivity contribution in [2.45, 2.75) is 51.9 Å². The van der Waals surface area contributed by atoms with Gasteiger partial charge in [-0.3, -0.25) is 0 Å². The highest BCUT2D eigenvalue weighted by atomic mass is 16.6. The van der Waals surface area contributed by atoms with E-state index in [1.807, 2.05) is 54.6 Å². The van der Waals surface area contributed by atoms with Crippen LogP contribution in [0.4, 0.5) is 4.79 Å². The molecular formula is C22H27NO5. The first-order chi connectivity index (χ1) is 13.2. The number of rotatable bonds is 8. The molecule has 0 saturated heterocycles. The molecule has 0 spiro atoms. The third-order valence-corrected chi connectivity index (χ3v) is 3.86. The molecule has 0 radical (unpaired) electrons. The lowest BCUT2D eigenvalue weighted by atomic mass is 10.1. The van der Waals surface area contributed by atoms with Gasteiger partial charge < -0.3 is 19.9 Å². The molecule has 0 fully saturated rings. The van der Waals surface area contributed by atoms with E-state index in [0.29, 0.717) is 18.8 Å². The summed E-state index contributed by atoms with van der Waals surface area (Å²) in [6, 6.07) is 16.3. The van der Waals surface area contributed by atoms with Crippen molar-refractivity contribution >= 4 is 12.1 Å². The Morgan fingerprint density at radius 1 is 1.04 bits per heavy atom. The maximum atomic E-state index is 11.8. The molecule has 0 heterocycles. The predicted octanol–water partition coefficient (Wildman–Crippen LogP) is 4.18. The van der Waals surface area contributed by atoms with Crippen molar-refractivity contribution in [2.75, 3.05) is 0 Å². The summed E-state index contributed by atoms with van der Waals surface area (Å²) in [6.07, 6.45) is -0.00806. The lowest BCUT2D eigenvalue weighted by Gasteiger charge is -2.22. The first-order valence-corrected chi connectivity index (χ1v) is 9.21. The highest BCUT2D eigenvalue weighted by Gasteiger charge is 2.23. The van der Waals surface area contributed by atoms with Crippen molar-refractivity contribution in [1.29, 1.82) is 0 Å². The van der Waals surface area contributed by atoms with Crippen LogP contribution in [-0.2, 0) is 22.6 Å². The van der Waals surface area contributed by atoms with E-state index >= 15 is 0 Å². The Morgan fingerprint density at radius 3 is 2.36 bits per heavy atom. The fourth-order valence-electron chi connectivity index (χ4n) is 2.55. The Morgan fingerprint density at radius 2 is 1.71 bits per heavy atom. The minimum Gasteiger partial charge on any atom is -0.489 e. The number of aryl methyl sites for hydroxylation is 1. The molecule has 2 aromatic carbocycles. The van der Waals surface area contributed by atoms with Crippen molar-refractivity contribution in [3.8, 4) is 5.75 Å². The van der Waals surface area contributed by atoms with E-state index in [1.165, 1.54) is 0 Å². The van der Waals surface area contributed by atoms with Crippen molar-refractivity contribution in [3.05, 3.63) is 65.7 Å². The van der Waals surface area contributed by atoms with Gasteiger partial charge in [0.2, 0.25) is 0 Å². The summed E-state index contributed by atoms with van der Waals surface area (Å²) in [7, 11) is 0. The molecule has 1 atom stereocenters. The summed E-state index contributed by atoms with van der Waals surface area (Å²) < 4.78 is 10.9. The Kier molecular flexibility index (Phi) is 7.44. The number of carbonyl (C=O) groups excluding carboxylic acids is 1. The number of nitrogens with one attached hydrogen (secondary N) is 1. The van der Waals surface area contributed by atoms with Crippen molar-refractivity contribution in [1.82, 2.24) is 5.32 Å². The van der Waals surface area contributed by atoms with Gasteiger partial charge in [-0.25, -0.2) is 9.59 Å². The fraction of sp³-hybridized carbons (Fsp3) is 0.364. The predicted molar refractivity (Wildman–Crippen MR) is 106 cm³/mol. The van der Waals surface area contributed by atoms with Crippen LogP contribution in [-0.4, -0.2) is 28.8 Å². The number of aliphatic carboxylic acids is 1. The van der Waals surface area contributed by atoms with E-state index < -0.39 is 23.7 Å². The van der Waals surface area contributed by atoms with Crippen LogP contribution in [0.2, 0.25) is 0 Å². The van der Waals surface area contributed by atoms with Gasteiger partial charge in [0.05, 0.1) is 0 Å². The monoisotopic (exact) mass is 385 g/mol. The molecule has 2 aromatic rings. The maximum Gasteiger partial charge on any atom is 0.408 e. The molecular weight excluding hydrogens is 358 g/mol. The molecule has 28 heavy (non-hydrogen) atoms. The summed E-state index contributed by atoms with van der Waals surface area (Å²) >= 11 is 0. The number of carbonyl (C=O) groups is 2. The van der Waals surface area contributed by atoms with E-state index in [4.69, 9.17) is 9.47 Å². The fourth-order valence-corrected chi connectivity index (χ4v) is 2.55. The molecule has 150 valence electrons. The molecule has 2 N–H and O–H groups in total. The van der Waals surface area contributed by atoms with E-state index in [2.05, 4.69) is 5.32 Å². The third-order valence-electron chi connectivity index (χ3n) is 3.86. The number of alkyl carbamates (subject to hydrolysis) is 1. The Labute approximate surface area is 165 Å². The number of ether oxygens (including phenoxy) is 2. The summed E-state index contributed by atoms with van der Waals surface area (Å²) in [5.74, 6) is -0.379. The molecule has 0 aromatic heterocycles. The number of hydrogen-bond acceptors (Lipinski definition) is 4. The number of carboxylic acids is 1. The Hall–Kier alpha value is -3.02. The molecule has 2 rings (SSSR count). The molecule has 0 bridgehead atoms. The molecule has 1 amide bonds. The minimum absolute atomic E-state index is 0.247. The Bertz CT molecular complexity index is 783. The van der Waals surface area contributed by atoms with Crippen LogP contribution in [0.1, 0.15) is 38.3 Å². The summed E-state index contributed by atoms with van der Waals surface area (Å²) in [5.41, 5.74) is 1.32. The average molecular weight is 385 g/mol. The highest BCUT2D eigenvalue weighted by Crippen LogP contribution is 2.17. The standard InChI is InChI=1S/C22H27NO5/c1-22(2,3)28-21(26)23-19(20(24)25)13-12-16-10-7-11-18(14-16)27-15-17-8-5-4-6-9-17/h4-11,14,19H,12-13,15H2,1-3H3,(H,23,26)(H,24,25)/t19-/m0/s1. The number of amides is 1. The van der Waals surface area contributed by atoms with Crippen LogP contribution in [0.5, 0.6) is 5.75 Å². The van der Waals surface area contributed by atoms with Gasteiger partial charge in [0.25, 0.3) is 0 Å². The van der Waals surface area contributed by atoms with E-state index in [0.717, 1.165) is 11.1 Å². The van der Waals surface area contributed by atoms with Gasteiger partial charge in [0.1, 0.15) is 24.0 Å². The molecule has 6 nitrogen and oxygen atoms in total. The van der Waals surface area contributed by atoms with Crippen LogP contribution in [0.3, 0.4) is 0 Å². The van der Waals surface area contributed by atoms with E-state index in [9.17, 15) is 14.7 Å². The Balaban J connectivity index is 1.90. The van der Waals surface area contributed by atoms with Gasteiger partial charge in [-0.1, -0.05) is 42.5 Å². The number of hydrogen-bond donors (Lipinski definition) is 2. The number of carboxylic acid groups (broad SMARTS) is 1. The van der Waals surface area contributed by atoms with Gasteiger partial charge in [-0.05, 0) is 56.9 Å². The normalized spacial score (nSPS) is 12.1. The van der Waals surface area contributed by atoms with Crippen molar-refractivity contribution < 1.29 is 24.2 Å². The van der Waals surface area contributed by atoms with Gasteiger partial charge in [0.15, 0.2) is 0 Å². The van der Waals surface area contributed by atoms with Gasteiger partial charge >= 0.3 is 12.1 Å². The van der Waals surface area contributed by atoms with E-state index in [-0.39, 0.29) is 6.42 Å². The van der Waals surface area contributed by atoms with Crippen LogP contribution in [0.15, 0.2) is 54.6 Å². The molecule has 0 unspecified atom stereocenters.